The summed E-state index contributed by atoms with van der Waals surface area (Å²) in [5.41, 5.74) is 1.41. The van der Waals surface area contributed by atoms with Crippen LogP contribution >= 0.6 is 11.6 Å². The monoisotopic (exact) mass is 424 g/mol. The maximum Gasteiger partial charge on any atom is 0.338 e. The number of hydrogen-bond donors (Lipinski definition) is 1. The molecule has 0 spiro atoms. The van der Waals surface area contributed by atoms with Gasteiger partial charge in [0.15, 0.2) is 6.61 Å². The van der Waals surface area contributed by atoms with Crippen LogP contribution in [0.25, 0.3) is 0 Å². The highest BCUT2D eigenvalue weighted by atomic mass is 35.5. The van der Waals surface area contributed by atoms with Gasteiger partial charge in [0.1, 0.15) is 0 Å². The van der Waals surface area contributed by atoms with E-state index < -0.39 is 29.4 Å². The number of carbonyl (C=O) groups excluding carboxylic acids is 2. The van der Waals surface area contributed by atoms with Crippen molar-refractivity contribution < 1.29 is 19.2 Å². The number of carbonyl (C=O) groups is 2. The largest absolute Gasteiger partial charge is 0.452 e. The molecule has 7 nitrogen and oxygen atoms in total. The molecule has 1 unspecified atom stereocenters. The Balaban J connectivity index is 1.69. The Bertz CT molecular complexity index is 1050. The molecule has 3 aromatic carbocycles. The maximum atomic E-state index is 12.5. The number of rotatable bonds is 7. The number of ether oxygens (including phenoxy) is 1. The van der Waals surface area contributed by atoms with Gasteiger partial charge in [0.05, 0.1) is 16.5 Å². The molecule has 0 aromatic heterocycles. The lowest BCUT2D eigenvalue weighted by molar-refractivity contribution is -0.384. The number of benzene rings is 3. The van der Waals surface area contributed by atoms with Crippen LogP contribution < -0.4 is 5.32 Å². The summed E-state index contributed by atoms with van der Waals surface area (Å²) in [7, 11) is 0. The standard InChI is InChI=1S/C22H17ClN2O5/c23-18-11-9-16(10-12-18)21(15-5-2-1-3-6-15)24-20(26)14-30-22(27)17-7-4-8-19(13-17)25(28)29/h1-13,21H,14H2,(H,24,26). The second-order valence-corrected chi connectivity index (χ2v) is 6.78. The predicted molar refractivity (Wildman–Crippen MR) is 111 cm³/mol. The quantitative estimate of drug-likeness (QED) is 0.346. The summed E-state index contributed by atoms with van der Waals surface area (Å²) < 4.78 is 5.02. The summed E-state index contributed by atoms with van der Waals surface area (Å²) in [5, 5.41) is 14.2. The van der Waals surface area contributed by atoms with E-state index in [1.807, 2.05) is 30.3 Å². The average Bonchev–Trinajstić information content (AvgIpc) is 2.77. The van der Waals surface area contributed by atoms with Gasteiger partial charge in [0.25, 0.3) is 11.6 Å². The van der Waals surface area contributed by atoms with Crippen LogP contribution in [-0.2, 0) is 9.53 Å². The predicted octanol–water partition coefficient (Wildman–Crippen LogP) is 4.31. The van der Waals surface area contributed by atoms with Crippen LogP contribution in [-0.4, -0.2) is 23.4 Å². The van der Waals surface area contributed by atoms with Crippen LogP contribution in [0.4, 0.5) is 5.69 Å². The van der Waals surface area contributed by atoms with Crippen molar-refractivity contribution in [3.05, 3.63) is 111 Å². The Hall–Kier alpha value is -3.71. The Kier molecular flexibility index (Phi) is 6.77. The molecule has 0 fully saturated rings. The van der Waals surface area contributed by atoms with Crippen molar-refractivity contribution in [2.24, 2.45) is 0 Å². The van der Waals surface area contributed by atoms with E-state index in [9.17, 15) is 19.7 Å². The third-order valence-electron chi connectivity index (χ3n) is 4.27. The molecule has 0 aliphatic carbocycles. The molecule has 0 bridgehead atoms. The van der Waals surface area contributed by atoms with Gasteiger partial charge in [-0.05, 0) is 29.3 Å². The van der Waals surface area contributed by atoms with Gasteiger partial charge in [-0.15, -0.1) is 0 Å². The van der Waals surface area contributed by atoms with Crippen LogP contribution in [0.1, 0.15) is 27.5 Å². The van der Waals surface area contributed by atoms with E-state index in [1.165, 1.54) is 18.2 Å². The highest BCUT2D eigenvalue weighted by Gasteiger charge is 2.19. The van der Waals surface area contributed by atoms with E-state index >= 15 is 0 Å². The SMILES string of the molecule is O=C(COC(=O)c1cccc([N+](=O)[O-])c1)NC(c1ccccc1)c1ccc(Cl)cc1. The van der Waals surface area contributed by atoms with Gasteiger partial charge in [-0.2, -0.15) is 0 Å². The molecular weight excluding hydrogens is 408 g/mol. The molecule has 152 valence electrons. The number of nitrogens with zero attached hydrogens (tertiary/aromatic N) is 1. The normalized spacial score (nSPS) is 11.4. The molecular formula is C22H17ClN2O5. The molecule has 0 aliphatic heterocycles. The first kappa shape index (κ1) is 21.0. The van der Waals surface area contributed by atoms with E-state index in [1.54, 1.807) is 24.3 Å². The van der Waals surface area contributed by atoms with Crippen LogP contribution in [0.15, 0.2) is 78.9 Å². The minimum absolute atomic E-state index is 0.00527. The molecule has 30 heavy (non-hydrogen) atoms. The van der Waals surface area contributed by atoms with Gasteiger partial charge in [0, 0.05) is 17.2 Å². The fourth-order valence-corrected chi connectivity index (χ4v) is 2.95. The van der Waals surface area contributed by atoms with Gasteiger partial charge in [-0.3, -0.25) is 14.9 Å². The fraction of sp³-hybridized carbons (Fsp3) is 0.0909. The first-order valence-corrected chi connectivity index (χ1v) is 9.33. The molecule has 0 saturated carbocycles. The van der Waals surface area contributed by atoms with Gasteiger partial charge < -0.3 is 10.1 Å². The number of amides is 1. The van der Waals surface area contributed by atoms with Crippen molar-refractivity contribution in [1.29, 1.82) is 0 Å². The number of nitrogens with one attached hydrogen (secondary N) is 1. The topological polar surface area (TPSA) is 98.5 Å². The first-order valence-electron chi connectivity index (χ1n) is 8.95. The van der Waals surface area contributed by atoms with E-state index in [4.69, 9.17) is 16.3 Å². The molecule has 3 aromatic rings. The number of esters is 1. The summed E-state index contributed by atoms with van der Waals surface area (Å²) >= 11 is 5.95. The molecule has 1 N–H and O–H groups in total. The highest BCUT2D eigenvalue weighted by molar-refractivity contribution is 6.30. The van der Waals surface area contributed by atoms with Crippen LogP contribution in [0.5, 0.6) is 0 Å². The molecule has 0 radical (unpaired) electrons. The Morgan fingerprint density at radius 3 is 2.30 bits per heavy atom. The number of nitro benzene ring substituents is 1. The van der Waals surface area contributed by atoms with Crippen molar-refractivity contribution in [2.75, 3.05) is 6.61 Å². The van der Waals surface area contributed by atoms with Gasteiger partial charge >= 0.3 is 5.97 Å². The fourth-order valence-electron chi connectivity index (χ4n) is 2.82. The number of non-ortho nitro benzene ring substituents is 1. The summed E-state index contributed by atoms with van der Waals surface area (Å²) in [6.07, 6.45) is 0. The van der Waals surface area contributed by atoms with E-state index in [0.717, 1.165) is 17.2 Å². The summed E-state index contributed by atoms with van der Waals surface area (Å²) in [6, 6.07) is 21.0. The number of halogens is 1. The molecule has 1 amide bonds. The number of hydrogen-bond acceptors (Lipinski definition) is 5. The summed E-state index contributed by atoms with van der Waals surface area (Å²) in [6.45, 7) is -0.529. The molecule has 3 rings (SSSR count). The Morgan fingerprint density at radius 1 is 0.967 bits per heavy atom. The highest BCUT2D eigenvalue weighted by Crippen LogP contribution is 2.23. The molecule has 8 heteroatoms. The average molecular weight is 425 g/mol. The number of nitro groups is 1. The molecule has 0 aliphatic rings. The van der Waals surface area contributed by atoms with Crippen LogP contribution in [0, 0.1) is 10.1 Å². The van der Waals surface area contributed by atoms with Crippen molar-refractivity contribution in [2.45, 2.75) is 6.04 Å². The van der Waals surface area contributed by atoms with Crippen LogP contribution in [0.2, 0.25) is 5.02 Å². The van der Waals surface area contributed by atoms with E-state index in [0.29, 0.717) is 5.02 Å². The second kappa shape index (κ2) is 9.67. The minimum atomic E-state index is -0.823. The summed E-state index contributed by atoms with van der Waals surface area (Å²) in [4.78, 5) is 34.8. The maximum absolute atomic E-state index is 12.5. The van der Waals surface area contributed by atoms with Crippen LogP contribution in [0.3, 0.4) is 0 Å². The first-order chi connectivity index (χ1) is 14.4. The smallest absolute Gasteiger partial charge is 0.338 e. The Labute approximate surface area is 177 Å². The second-order valence-electron chi connectivity index (χ2n) is 6.35. The van der Waals surface area contributed by atoms with Crippen molar-refractivity contribution >= 4 is 29.2 Å². The van der Waals surface area contributed by atoms with E-state index in [-0.39, 0.29) is 11.3 Å². The Morgan fingerprint density at radius 2 is 1.63 bits per heavy atom. The third-order valence-corrected chi connectivity index (χ3v) is 4.52. The van der Waals surface area contributed by atoms with Gasteiger partial charge in [0.2, 0.25) is 0 Å². The zero-order chi connectivity index (χ0) is 21.5. The van der Waals surface area contributed by atoms with Crippen molar-refractivity contribution in [1.82, 2.24) is 5.32 Å². The van der Waals surface area contributed by atoms with Gasteiger partial charge in [-0.1, -0.05) is 60.1 Å². The molecule has 0 saturated heterocycles. The summed E-state index contributed by atoms with van der Waals surface area (Å²) in [5.74, 6) is -1.34. The third kappa shape index (κ3) is 5.42. The van der Waals surface area contributed by atoms with Crippen molar-refractivity contribution in [3.8, 4) is 0 Å². The molecule has 1 atom stereocenters. The molecule has 0 heterocycles. The zero-order valence-corrected chi connectivity index (χ0v) is 16.4. The lowest BCUT2D eigenvalue weighted by atomic mass is 9.99. The lowest BCUT2D eigenvalue weighted by Gasteiger charge is -2.20. The van der Waals surface area contributed by atoms with E-state index in [2.05, 4.69) is 5.32 Å². The van der Waals surface area contributed by atoms with Gasteiger partial charge in [-0.25, -0.2) is 4.79 Å². The minimum Gasteiger partial charge on any atom is -0.452 e. The lowest BCUT2D eigenvalue weighted by Crippen LogP contribution is -2.33. The zero-order valence-electron chi connectivity index (χ0n) is 15.7. The van der Waals surface area contributed by atoms with Crippen molar-refractivity contribution in [3.63, 3.8) is 0 Å².